The number of aromatic carboxylic acids is 1. The smallest absolute Gasteiger partial charge is 0.420 e. The summed E-state index contributed by atoms with van der Waals surface area (Å²) in [5.41, 5.74) is 0.432. The number of aromatic nitrogens is 4. The average Bonchev–Trinajstić information content (AvgIpc) is 2.60. The van der Waals surface area contributed by atoms with E-state index in [1.807, 2.05) is 6.92 Å². The van der Waals surface area contributed by atoms with Gasteiger partial charge in [-0.2, -0.15) is 4.98 Å². The van der Waals surface area contributed by atoms with Crippen molar-refractivity contribution in [2.45, 2.75) is 13.3 Å². The van der Waals surface area contributed by atoms with Crippen LogP contribution in [0.4, 0.5) is 5.82 Å². The molecule has 2 N–H and O–H groups in total. The number of carbonyl (C=O) groups is 1. The second-order valence-electron chi connectivity index (χ2n) is 3.80. The molecule has 2 aromatic rings. The first-order valence-electron chi connectivity index (χ1n) is 5.48. The van der Waals surface area contributed by atoms with Crippen LogP contribution in [0.25, 0.3) is 11.2 Å². The molecular formula is C10H13N5O3. The van der Waals surface area contributed by atoms with Crippen LogP contribution in [-0.2, 0) is 7.05 Å². The molecule has 8 heteroatoms. The minimum Gasteiger partial charge on any atom is -0.710 e. The van der Waals surface area contributed by atoms with Crippen LogP contribution < -0.4 is 10.0 Å². The Morgan fingerprint density at radius 1 is 1.61 bits per heavy atom. The third-order valence-electron chi connectivity index (χ3n) is 2.57. The van der Waals surface area contributed by atoms with E-state index in [0.29, 0.717) is 17.1 Å². The van der Waals surface area contributed by atoms with Crippen molar-refractivity contribution in [1.29, 1.82) is 0 Å². The van der Waals surface area contributed by atoms with Crippen molar-refractivity contribution in [3.05, 3.63) is 17.4 Å². The van der Waals surface area contributed by atoms with E-state index in [-0.39, 0.29) is 17.0 Å². The van der Waals surface area contributed by atoms with Crippen molar-refractivity contribution in [2.75, 3.05) is 11.9 Å². The van der Waals surface area contributed by atoms with Crippen molar-refractivity contribution >= 4 is 23.0 Å². The van der Waals surface area contributed by atoms with Crippen LogP contribution in [0, 0.1) is 5.21 Å². The Labute approximate surface area is 102 Å². The second kappa shape index (κ2) is 4.47. The molecule has 0 aromatic carbocycles. The molecule has 2 heterocycles. The normalized spacial score (nSPS) is 10.8. The SMILES string of the molecule is CCCNc1ncnc2c1[n+]([O-])c(C(=O)O)n2C. The van der Waals surface area contributed by atoms with Gasteiger partial charge < -0.3 is 15.6 Å². The highest BCUT2D eigenvalue weighted by Gasteiger charge is 2.28. The maximum Gasteiger partial charge on any atom is 0.420 e. The van der Waals surface area contributed by atoms with Crippen LogP contribution in [0.1, 0.15) is 24.0 Å². The highest BCUT2D eigenvalue weighted by atomic mass is 16.5. The standard InChI is InChI=1S/C10H13N5O3/c1-3-4-11-7-6-8(13-5-12-7)14(2)9(10(16)17)15(6)18/h5H,3-4H2,1-2H3,(H,16,17)(H,11,12,13). The zero-order chi connectivity index (χ0) is 13.3. The molecule has 8 nitrogen and oxygen atoms in total. The second-order valence-corrected chi connectivity index (χ2v) is 3.80. The lowest BCUT2D eigenvalue weighted by atomic mass is 10.4. The van der Waals surface area contributed by atoms with E-state index in [2.05, 4.69) is 15.3 Å². The van der Waals surface area contributed by atoms with Gasteiger partial charge in [0.2, 0.25) is 5.52 Å². The zero-order valence-corrected chi connectivity index (χ0v) is 10.0. The third-order valence-corrected chi connectivity index (χ3v) is 2.57. The van der Waals surface area contributed by atoms with Gasteiger partial charge in [-0.3, -0.25) is 0 Å². The Bertz CT molecular complexity index is 607. The minimum atomic E-state index is -1.30. The lowest BCUT2D eigenvalue weighted by Crippen LogP contribution is -2.34. The first-order chi connectivity index (χ1) is 8.57. The summed E-state index contributed by atoms with van der Waals surface area (Å²) in [5, 5.41) is 24.0. The van der Waals surface area contributed by atoms with Gasteiger partial charge in [0.05, 0.1) is 7.05 Å². The molecule has 0 bridgehead atoms. The summed E-state index contributed by atoms with van der Waals surface area (Å²) < 4.78 is 1.58. The van der Waals surface area contributed by atoms with E-state index in [4.69, 9.17) is 5.11 Å². The molecule has 0 aliphatic heterocycles. The predicted molar refractivity (Wildman–Crippen MR) is 63.2 cm³/mol. The van der Waals surface area contributed by atoms with E-state index < -0.39 is 5.97 Å². The maximum atomic E-state index is 12.0. The Hall–Kier alpha value is -2.38. The molecule has 0 fully saturated rings. The fraction of sp³-hybridized carbons (Fsp3) is 0.400. The summed E-state index contributed by atoms with van der Waals surface area (Å²) in [7, 11) is 1.48. The Morgan fingerprint density at radius 2 is 2.33 bits per heavy atom. The van der Waals surface area contributed by atoms with E-state index >= 15 is 0 Å². The molecule has 0 aliphatic carbocycles. The summed E-state index contributed by atoms with van der Waals surface area (Å²) >= 11 is 0. The molecule has 2 aromatic heterocycles. The summed E-state index contributed by atoms with van der Waals surface area (Å²) in [5.74, 6) is -1.34. The van der Waals surface area contributed by atoms with Crippen LogP contribution in [0.15, 0.2) is 6.33 Å². The van der Waals surface area contributed by atoms with Crippen LogP contribution in [0.5, 0.6) is 0 Å². The van der Waals surface area contributed by atoms with Gasteiger partial charge in [0.1, 0.15) is 6.33 Å². The molecule has 2 rings (SSSR count). The van der Waals surface area contributed by atoms with Gasteiger partial charge in [-0.1, -0.05) is 6.92 Å². The molecular weight excluding hydrogens is 238 g/mol. The lowest BCUT2D eigenvalue weighted by molar-refractivity contribution is -0.580. The number of imidazole rings is 1. The number of fused-ring (bicyclic) bond motifs is 1. The summed E-state index contributed by atoms with van der Waals surface area (Å²) in [6.07, 6.45) is 2.16. The van der Waals surface area contributed by atoms with Crippen LogP contribution in [-0.4, -0.2) is 32.2 Å². The number of anilines is 1. The van der Waals surface area contributed by atoms with Gasteiger partial charge in [-0.15, -0.1) is 0 Å². The molecule has 0 saturated heterocycles. The summed E-state index contributed by atoms with van der Waals surface area (Å²) in [6.45, 7) is 2.62. The molecule has 96 valence electrons. The minimum absolute atomic E-state index is 0.144. The number of aryl methyl sites for hydroxylation is 1. The van der Waals surface area contributed by atoms with Gasteiger partial charge in [0, 0.05) is 6.54 Å². The molecule has 0 atom stereocenters. The van der Waals surface area contributed by atoms with Crippen LogP contribution >= 0.6 is 0 Å². The zero-order valence-electron chi connectivity index (χ0n) is 10.0. The predicted octanol–water partition coefficient (Wildman–Crippen LogP) is 0.122. The number of hydrogen-bond donors (Lipinski definition) is 2. The summed E-state index contributed by atoms with van der Waals surface area (Å²) in [4.78, 5) is 18.9. The first-order valence-corrected chi connectivity index (χ1v) is 5.48. The average molecular weight is 251 g/mol. The topological polar surface area (TPSA) is 107 Å². The van der Waals surface area contributed by atoms with Crippen molar-refractivity contribution in [2.24, 2.45) is 7.05 Å². The number of hydrogen-bond acceptors (Lipinski definition) is 5. The quantitative estimate of drug-likeness (QED) is 0.590. The fourth-order valence-corrected chi connectivity index (χ4v) is 1.75. The van der Waals surface area contributed by atoms with Gasteiger partial charge in [-0.25, -0.2) is 19.1 Å². The van der Waals surface area contributed by atoms with Gasteiger partial charge >= 0.3 is 11.8 Å². The van der Waals surface area contributed by atoms with E-state index in [9.17, 15) is 10.0 Å². The molecule has 0 radical (unpaired) electrons. The number of nitrogens with zero attached hydrogens (tertiary/aromatic N) is 4. The van der Waals surface area contributed by atoms with Gasteiger partial charge in [-0.05, 0) is 6.42 Å². The van der Waals surface area contributed by atoms with Gasteiger partial charge in [0.25, 0.3) is 5.65 Å². The monoisotopic (exact) mass is 251 g/mol. The molecule has 0 unspecified atom stereocenters. The van der Waals surface area contributed by atoms with Crippen molar-refractivity contribution in [3.8, 4) is 0 Å². The van der Waals surface area contributed by atoms with E-state index in [1.54, 1.807) is 0 Å². The molecule has 0 saturated carbocycles. The largest absolute Gasteiger partial charge is 0.710 e. The first kappa shape index (κ1) is 12.1. The molecule has 0 spiro atoms. The Morgan fingerprint density at radius 3 is 2.94 bits per heavy atom. The van der Waals surface area contributed by atoms with Gasteiger partial charge in [0.15, 0.2) is 5.82 Å². The fourth-order valence-electron chi connectivity index (χ4n) is 1.75. The van der Waals surface area contributed by atoms with Crippen LogP contribution in [0.2, 0.25) is 0 Å². The lowest BCUT2D eigenvalue weighted by Gasteiger charge is -2.05. The molecule has 0 aliphatic rings. The number of nitrogens with one attached hydrogen (secondary N) is 1. The maximum absolute atomic E-state index is 12.0. The molecule has 18 heavy (non-hydrogen) atoms. The third kappa shape index (κ3) is 1.71. The van der Waals surface area contributed by atoms with E-state index in [1.165, 1.54) is 17.9 Å². The number of rotatable bonds is 4. The Kier molecular flexibility index (Phi) is 3.00. The number of carboxylic acids is 1. The van der Waals surface area contributed by atoms with E-state index in [0.717, 1.165) is 6.42 Å². The highest BCUT2D eigenvalue weighted by molar-refractivity contribution is 5.88. The molecule has 0 amide bonds. The Balaban J connectivity index is 2.69. The van der Waals surface area contributed by atoms with Crippen molar-refractivity contribution in [3.63, 3.8) is 0 Å². The summed E-state index contributed by atoms with van der Waals surface area (Å²) in [6, 6.07) is 0. The van der Waals surface area contributed by atoms with Crippen molar-refractivity contribution in [1.82, 2.24) is 14.5 Å². The highest BCUT2D eigenvalue weighted by Crippen LogP contribution is 2.17. The number of carboxylic acid groups (broad SMARTS) is 1. The van der Waals surface area contributed by atoms with Crippen molar-refractivity contribution < 1.29 is 14.6 Å². The van der Waals surface area contributed by atoms with Crippen LogP contribution in [0.3, 0.4) is 0 Å².